The van der Waals surface area contributed by atoms with E-state index >= 15 is 0 Å². The van der Waals surface area contributed by atoms with Crippen LogP contribution in [0.2, 0.25) is 0 Å². The van der Waals surface area contributed by atoms with Gasteiger partial charge in [-0.25, -0.2) is 0 Å². The number of hydrogen-bond acceptors (Lipinski definition) is 4. The van der Waals surface area contributed by atoms with Gasteiger partial charge in [-0.05, 0) is 18.8 Å². The van der Waals surface area contributed by atoms with Crippen LogP contribution in [0.3, 0.4) is 0 Å². The van der Waals surface area contributed by atoms with E-state index in [0.717, 1.165) is 6.42 Å². The maximum atomic E-state index is 11.8. The van der Waals surface area contributed by atoms with Crippen molar-refractivity contribution in [3.8, 4) is 0 Å². The fraction of sp³-hybridized carbons (Fsp3) is 0.909. The number of methoxy groups -OCH3 is 1. The molecule has 1 fully saturated rings. The Labute approximate surface area is 113 Å². The number of aliphatic carboxylic acids is 1. The minimum Gasteiger partial charge on any atom is -0.480 e. The average molecular weight is 294 g/mol. The molecule has 0 amide bonds. The molecule has 3 N–H and O–H groups in total. The zero-order valence-electron chi connectivity index (χ0n) is 11.3. The van der Waals surface area contributed by atoms with Crippen LogP contribution in [0.1, 0.15) is 32.6 Å². The van der Waals surface area contributed by atoms with Crippen LogP contribution in [-0.2, 0) is 19.7 Å². The van der Waals surface area contributed by atoms with Gasteiger partial charge in [-0.15, -0.1) is 0 Å². The van der Waals surface area contributed by atoms with Crippen molar-refractivity contribution in [2.75, 3.05) is 20.3 Å². The summed E-state index contributed by atoms with van der Waals surface area (Å²) >= 11 is 0. The molecular weight excluding hydrogens is 272 g/mol. The highest BCUT2D eigenvalue weighted by Crippen LogP contribution is 2.32. The highest BCUT2D eigenvalue weighted by molar-refractivity contribution is 7.87. The van der Waals surface area contributed by atoms with E-state index in [2.05, 4.69) is 9.44 Å². The van der Waals surface area contributed by atoms with Crippen molar-refractivity contribution in [2.24, 2.45) is 5.92 Å². The van der Waals surface area contributed by atoms with Crippen LogP contribution in [-0.4, -0.2) is 45.3 Å². The van der Waals surface area contributed by atoms with Gasteiger partial charge in [0.15, 0.2) is 0 Å². The monoisotopic (exact) mass is 294 g/mol. The first-order chi connectivity index (χ1) is 8.81. The molecule has 1 rings (SSSR count). The van der Waals surface area contributed by atoms with Crippen molar-refractivity contribution in [1.29, 1.82) is 0 Å². The maximum Gasteiger partial charge on any atom is 0.324 e. The minimum absolute atomic E-state index is 0.108. The molecule has 2 unspecified atom stereocenters. The molecule has 0 aromatic carbocycles. The van der Waals surface area contributed by atoms with Crippen molar-refractivity contribution >= 4 is 16.2 Å². The molecule has 0 aromatic rings. The highest BCUT2D eigenvalue weighted by atomic mass is 32.2. The highest BCUT2D eigenvalue weighted by Gasteiger charge is 2.44. The number of nitrogens with one attached hydrogen (secondary N) is 2. The Morgan fingerprint density at radius 3 is 2.74 bits per heavy atom. The standard InChI is InChI=1S/C11H22N2O5S/c1-9-4-3-5-11(8-9,10(14)15)13-19(16,17)12-6-7-18-2/h9,12-13H,3-8H2,1-2H3,(H,14,15). The summed E-state index contributed by atoms with van der Waals surface area (Å²) in [5, 5.41) is 9.36. The number of hydrogen-bond donors (Lipinski definition) is 3. The van der Waals surface area contributed by atoms with Gasteiger partial charge < -0.3 is 9.84 Å². The van der Waals surface area contributed by atoms with Crippen molar-refractivity contribution in [3.63, 3.8) is 0 Å². The van der Waals surface area contributed by atoms with Crippen LogP contribution in [0.25, 0.3) is 0 Å². The summed E-state index contributed by atoms with van der Waals surface area (Å²) < 4.78 is 33.0. The Balaban J connectivity index is 2.75. The molecule has 112 valence electrons. The second kappa shape index (κ2) is 6.65. The van der Waals surface area contributed by atoms with E-state index in [-0.39, 0.29) is 19.1 Å². The van der Waals surface area contributed by atoms with Gasteiger partial charge in [-0.1, -0.05) is 19.8 Å². The Morgan fingerprint density at radius 1 is 1.53 bits per heavy atom. The molecule has 0 spiro atoms. The van der Waals surface area contributed by atoms with Gasteiger partial charge in [0, 0.05) is 13.7 Å². The molecule has 1 saturated carbocycles. The topological polar surface area (TPSA) is 105 Å². The van der Waals surface area contributed by atoms with Gasteiger partial charge in [0.25, 0.3) is 10.2 Å². The molecule has 1 aliphatic rings. The van der Waals surface area contributed by atoms with E-state index in [1.807, 2.05) is 6.92 Å². The van der Waals surface area contributed by atoms with E-state index in [1.54, 1.807) is 0 Å². The van der Waals surface area contributed by atoms with E-state index < -0.39 is 21.7 Å². The fourth-order valence-electron chi connectivity index (χ4n) is 2.45. The van der Waals surface area contributed by atoms with E-state index in [4.69, 9.17) is 4.74 Å². The van der Waals surface area contributed by atoms with Gasteiger partial charge in [0.05, 0.1) is 6.61 Å². The Hall–Kier alpha value is -0.700. The normalized spacial score (nSPS) is 28.2. The molecule has 0 radical (unpaired) electrons. The molecule has 19 heavy (non-hydrogen) atoms. The number of carboxylic acids is 1. The lowest BCUT2D eigenvalue weighted by Crippen LogP contribution is -2.59. The number of carboxylic acid groups (broad SMARTS) is 1. The Morgan fingerprint density at radius 2 is 2.21 bits per heavy atom. The minimum atomic E-state index is -3.84. The molecule has 7 nitrogen and oxygen atoms in total. The maximum absolute atomic E-state index is 11.8. The SMILES string of the molecule is COCCNS(=O)(=O)NC1(C(=O)O)CCCC(C)C1. The summed E-state index contributed by atoms with van der Waals surface area (Å²) in [6, 6.07) is 0. The first kappa shape index (κ1) is 16.4. The molecular formula is C11H22N2O5S. The lowest BCUT2D eigenvalue weighted by atomic mass is 9.77. The summed E-state index contributed by atoms with van der Waals surface area (Å²) in [5.41, 5.74) is -1.39. The second-order valence-corrected chi connectivity index (χ2v) is 6.58. The molecule has 0 aromatic heterocycles. The summed E-state index contributed by atoms with van der Waals surface area (Å²) in [7, 11) is -2.38. The predicted molar refractivity (Wildman–Crippen MR) is 69.9 cm³/mol. The third kappa shape index (κ3) is 4.72. The second-order valence-electron chi connectivity index (χ2n) is 5.08. The van der Waals surface area contributed by atoms with Crippen molar-refractivity contribution in [1.82, 2.24) is 9.44 Å². The zero-order chi connectivity index (χ0) is 14.5. The summed E-state index contributed by atoms with van der Waals surface area (Å²) in [4.78, 5) is 11.5. The zero-order valence-corrected chi connectivity index (χ0v) is 12.1. The quantitative estimate of drug-likeness (QED) is 0.577. The van der Waals surface area contributed by atoms with Crippen LogP contribution < -0.4 is 9.44 Å². The van der Waals surface area contributed by atoms with Gasteiger partial charge in [0.2, 0.25) is 0 Å². The van der Waals surface area contributed by atoms with E-state index in [1.165, 1.54) is 7.11 Å². The lowest BCUT2D eigenvalue weighted by Gasteiger charge is -2.36. The van der Waals surface area contributed by atoms with Crippen LogP contribution in [0.15, 0.2) is 0 Å². The number of carbonyl (C=O) groups is 1. The smallest absolute Gasteiger partial charge is 0.324 e. The Bertz CT molecular complexity index is 411. The average Bonchev–Trinajstić information content (AvgIpc) is 2.28. The summed E-state index contributed by atoms with van der Waals surface area (Å²) in [6.07, 6.45) is 2.26. The van der Waals surface area contributed by atoms with Crippen LogP contribution in [0.5, 0.6) is 0 Å². The largest absolute Gasteiger partial charge is 0.480 e. The molecule has 0 aliphatic heterocycles. The van der Waals surface area contributed by atoms with Gasteiger partial charge in [0.1, 0.15) is 5.54 Å². The van der Waals surface area contributed by atoms with Gasteiger partial charge >= 0.3 is 5.97 Å². The Kier molecular flexibility index (Phi) is 5.72. The van der Waals surface area contributed by atoms with Crippen molar-refractivity contribution in [2.45, 2.75) is 38.1 Å². The lowest BCUT2D eigenvalue weighted by molar-refractivity contribution is -0.146. The van der Waals surface area contributed by atoms with Crippen LogP contribution >= 0.6 is 0 Å². The predicted octanol–water partition coefficient (Wildman–Crippen LogP) is 0.0903. The summed E-state index contributed by atoms with van der Waals surface area (Å²) in [6.45, 7) is 2.28. The first-order valence-corrected chi connectivity index (χ1v) is 7.80. The number of rotatable bonds is 7. The van der Waals surface area contributed by atoms with Crippen molar-refractivity contribution < 1.29 is 23.1 Å². The van der Waals surface area contributed by atoms with Gasteiger partial charge in [-0.3, -0.25) is 4.79 Å². The summed E-state index contributed by atoms with van der Waals surface area (Å²) in [5.74, 6) is -0.928. The molecule has 8 heteroatoms. The van der Waals surface area contributed by atoms with Gasteiger partial charge in [-0.2, -0.15) is 17.9 Å². The van der Waals surface area contributed by atoms with Crippen molar-refractivity contribution in [3.05, 3.63) is 0 Å². The fourth-order valence-corrected chi connectivity index (χ4v) is 3.66. The van der Waals surface area contributed by atoms with E-state index in [9.17, 15) is 18.3 Å². The molecule has 2 atom stereocenters. The molecule has 0 saturated heterocycles. The third-order valence-corrected chi connectivity index (χ3v) is 4.58. The molecule has 1 aliphatic carbocycles. The molecule has 0 heterocycles. The van der Waals surface area contributed by atoms with Crippen LogP contribution in [0.4, 0.5) is 0 Å². The molecule has 0 bridgehead atoms. The number of ether oxygens (including phenoxy) is 1. The first-order valence-electron chi connectivity index (χ1n) is 6.32. The van der Waals surface area contributed by atoms with Crippen LogP contribution in [0, 0.1) is 5.92 Å². The third-order valence-electron chi connectivity index (χ3n) is 3.33. The van der Waals surface area contributed by atoms with E-state index in [0.29, 0.717) is 19.3 Å².